The fourth-order valence-electron chi connectivity index (χ4n) is 1.16. The second kappa shape index (κ2) is 3.03. The Hall–Kier alpha value is -0.610. The van der Waals surface area contributed by atoms with Gasteiger partial charge >= 0.3 is 5.97 Å². The zero-order valence-electron chi connectivity index (χ0n) is 7.78. The van der Waals surface area contributed by atoms with Crippen molar-refractivity contribution in [3.8, 4) is 0 Å². The van der Waals surface area contributed by atoms with E-state index in [1.54, 1.807) is 6.92 Å². The lowest BCUT2D eigenvalue weighted by atomic mass is 10.2. The maximum atomic E-state index is 10.7. The summed E-state index contributed by atoms with van der Waals surface area (Å²) in [5.41, 5.74) is 0. The summed E-state index contributed by atoms with van der Waals surface area (Å²) >= 11 is 0. The molecular formula is C8H16NO3+. The standard InChI is InChI=1S/C8H15NO3/c1-6(8(10)11)9(2,3)4-7-5-12-7/h6-7H,4-5H2,1-3H3/p+1. The largest absolute Gasteiger partial charge is 0.477 e. The van der Waals surface area contributed by atoms with Gasteiger partial charge in [-0.25, -0.2) is 4.79 Å². The SMILES string of the molecule is CC(C(=O)O)[N+](C)(C)CC1CO1. The predicted molar refractivity (Wildman–Crippen MR) is 43.8 cm³/mol. The number of carboxylic acids is 1. The predicted octanol–water partition coefficient (Wildman–Crippen LogP) is -0.0653. The van der Waals surface area contributed by atoms with E-state index in [4.69, 9.17) is 9.84 Å². The number of ether oxygens (including phenoxy) is 1. The zero-order valence-corrected chi connectivity index (χ0v) is 7.78. The second-order valence-electron chi connectivity index (χ2n) is 3.93. The minimum atomic E-state index is -0.749. The van der Waals surface area contributed by atoms with E-state index >= 15 is 0 Å². The third-order valence-electron chi connectivity index (χ3n) is 2.48. The molecule has 0 aromatic heterocycles. The summed E-state index contributed by atoms with van der Waals surface area (Å²) in [6.45, 7) is 3.30. The average molecular weight is 174 g/mol. The van der Waals surface area contributed by atoms with Gasteiger partial charge in [-0.05, 0) is 6.92 Å². The molecule has 0 radical (unpaired) electrons. The Morgan fingerprint density at radius 2 is 2.25 bits per heavy atom. The van der Waals surface area contributed by atoms with Crippen molar-refractivity contribution in [1.82, 2.24) is 0 Å². The monoisotopic (exact) mass is 174 g/mol. The highest BCUT2D eigenvalue weighted by atomic mass is 16.6. The van der Waals surface area contributed by atoms with Gasteiger partial charge < -0.3 is 14.3 Å². The van der Waals surface area contributed by atoms with Crippen LogP contribution in [0.1, 0.15) is 6.92 Å². The molecule has 0 aromatic rings. The van der Waals surface area contributed by atoms with Crippen molar-refractivity contribution in [2.24, 2.45) is 0 Å². The molecule has 0 aromatic carbocycles. The quantitative estimate of drug-likeness (QED) is 0.479. The fourth-order valence-corrected chi connectivity index (χ4v) is 1.16. The molecule has 2 unspecified atom stereocenters. The fraction of sp³-hybridized carbons (Fsp3) is 0.875. The van der Waals surface area contributed by atoms with Gasteiger partial charge in [0.05, 0.1) is 20.7 Å². The molecule has 1 rings (SSSR count). The van der Waals surface area contributed by atoms with Gasteiger partial charge in [0.15, 0.2) is 6.04 Å². The highest BCUT2D eigenvalue weighted by molar-refractivity contribution is 5.71. The van der Waals surface area contributed by atoms with E-state index in [2.05, 4.69) is 0 Å². The van der Waals surface area contributed by atoms with E-state index in [1.807, 2.05) is 14.1 Å². The lowest BCUT2D eigenvalue weighted by Crippen LogP contribution is -2.53. The number of epoxide rings is 1. The van der Waals surface area contributed by atoms with E-state index in [9.17, 15) is 4.79 Å². The Bertz CT molecular complexity index is 187. The van der Waals surface area contributed by atoms with Gasteiger partial charge in [0.25, 0.3) is 0 Å². The van der Waals surface area contributed by atoms with Gasteiger partial charge in [0.1, 0.15) is 12.6 Å². The molecule has 0 amide bonds. The first-order valence-corrected chi connectivity index (χ1v) is 4.10. The molecule has 1 aliphatic heterocycles. The van der Waals surface area contributed by atoms with Crippen LogP contribution in [0, 0.1) is 0 Å². The lowest BCUT2D eigenvalue weighted by molar-refractivity contribution is -0.905. The molecule has 1 heterocycles. The molecule has 0 bridgehead atoms. The van der Waals surface area contributed by atoms with Crippen LogP contribution in [0.4, 0.5) is 0 Å². The molecule has 1 fully saturated rings. The Morgan fingerprint density at radius 1 is 1.75 bits per heavy atom. The van der Waals surface area contributed by atoms with Gasteiger partial charge in [0.2, 0.25) is 0 Å². The maximum Gasteiger partial charge on any atom is 0.362 e. The minimum Gasteiger partial charge on any atom is -0.477 e. The van der Waals surface area contributed by atoms with Crippen LogP contribution in [-0.2, 0) is 9.53 Å². The normalized spacial score (nSPS) is 25.1. The molecule has 2 atom stereocenters. The molecule has 4 heteroatoms. The van der Waals surface area contributed by atoms with Crippen LogP contribution >= 0.6 is 0 Å². The zero-order chi connectivity index (χ0) is 9.35. The van der Waals surface area contributed by atoms with Crippen LogP contribution in [0.25, 0.3) is 0 Å². The van der Waals surface area contributed by atoms with Gasteiger partial charge in [-0.1, -0.05) is 0 Å². The first-order chi connectivity index (χ1) is 5.43. The van der Waals surface area contributed by atoms with Crippen molar-refractivity contribution in [3.05, 3.63) is 0 Å². The van der Waals surface area contributed by atoms with Crippen LogP contribution in [0.5, 0.6) is 0 Å². The van der Waals surface area contributed by atoms with Crippen LogP contribution in [0.3, 0.4) is 0 Å². The van der Waals surface area contributed by atoms with Crippen LogP contribution in [0.2, 0.25) is 0 Å². The van der Waals surface area contributed by atoms with Gasteiger partial charge in [0, 0.05) is 0 Å². The number of aliphatic carboxylic acids is 1. The number of carbonyl (C=O) groups is 1. The van der Waals surface area contributed by atoms with Crippen molar-refractivity contribution in [2.75, 3.05) is 27.2 Å². The minimum absolute atomic E-state index is 0.279. The molecular weight excluding hydrogens is 158 g/mol. The summed E-state index contributed by atoms with van der Waals surface area (Å²) in [4.78, 5) is 10.7. The van der Waals surface area contributed by atoms with Crippen molar-refractivity contribution in [2.45, 2.75) is 19.1 Å². The van der Waals surface area contributed by atoms with Crippen LogP contribution < -0.4 is 0 Å². The second-order valence-corrected chi connectivity index (χ2v) is 3.93. The highest BCUT2D eigenvalue weighted by Crippen LogP contribution is 2.16. The molecule has 12 heavy (non-hydrogen) atoms. The number of hydrogen-bond acceptors (Lipinski definition) is 2. The summed E-state index contributed by atoms with van der Waals surface area (Å²) in [5.74, 6) is -0.749. The van der Waals surface area contributed by atoms with Crippen molar-refractivity contribution in [3.63, 3.8) is 0 Å². The number of hydrogen-bond donors (Lipinski definition) is 1. The first kappa shape index (κ1) is 9.48. The Labute approximate surface area is 72.3 Å². The Balaban J connectivity index is 2.49. The van der Waals surface area contributed by atoms with Crippen LogP contribution in [-0.4, -0.2) is 55.0 Å². The molecule has 1 aliphatic rings. The van der Waals surface area contributed by atoms with E-state index in [-0.39, 0.29) is 12.1 Å². The van der Waals surface area contributed by atoms with Crippen molar-refractivity contribution >= 4 is 5.97 Å². The van der Waals surface area contributed by atoms with Crippen molar-refractivity contribution in [1.29, 1.82) is 0 Å². The summed E-state index contributed by atoms with van der Waals surface area (Å²) in [7, 11) is 3.83. The van der Waals surface area contributed by atoms with E-state index in [1.165, 1.54) is 0 Å². The smallest absolute Gasteiger partial charge is 0.362 e. The van der Waals surface area contributed by atoms with Gasteiger partial charge in [-0.2, -0.15) is 0 Å². The number of quaternary nitrogens is 1. The number of rotatable bonds is 4. The maximum absolute atomic E-state index is 10.7. The van der Waals surface area contributed by atoms with E-state index < -0.39 is 5.97 Å². The number of carboxylic acid groups (broad SMARTS) is 1. The summed E-state index contributed by atoms with van der Waals surface area (Å²) in [5, 5.41) is 8.79. The van der Waals surface area contributed by atoms with Crippen LogP contribution in [0.15, 0.2) is 0 Å². The third-order valence-corrected chi connectivity index (χ3v) is 2.48. The molecule has 0 saturated carbocycles. The summed E-state index contributed by atoms with van der Waals surface area (Å²) < 4.78 is 5.55. The molecule has 4 nitrogen and oxygen atoms in total. The third kappa shape index (κ3) is 2.19. The Morgan fingerprint density at radius 3 is 2.58 bits per heavy atom. The highest BCUT2D eigenvalue weighted by Gasteiger charge is 2.37. The number of likely N-dealkylation sites (N-methyl/N-ethyl adjacent to an activating group) is 1. The topological polar surface area (TPSA) is 49.8 Å². The molecule has 1 saturated heterocycles. The average Bonchev–Trinajstić information content (AvgIpc) is 2.69. The van der Waals surface area contributed by atoms with Crippen molar-refractivity contribution < 1.29 is 19.1 Å². The summed E-state index contributed by atoms with van der Waals surface area (Å²) in [6.07, 6.45) is 0.279. The van der Waals surface area contributed by atoms with E-state index in [0.717, 1.165) is 13.2 Å². The first-order valence-electron chi connectivity index (χ1n) is 4.10. The summed E-state index contributed by atoms with van der Waals surface area (Å²) in [6, 6.07) is -0.366. The molecule has 0 spiro atoms. The molecule has 70 valence electrons. The Kier molecular flexibility index (Phi) is 2.39. The van der Waals surface area contributed by atoms with Gasteiger partial charge in [-0.15, -0.1) is 0 Å². The lowest BCUT2D eigenvalue weighted by Gasteiger charge is -2.32. The molecule has 1 N–H and O–H groups in total. The van der Waals surface area contributed by atoms with Gasteiger partial charge in [-0.3, -0.25) is 0 Å². The molecule has 0 aliphatic carbocycles. The number of nitrogens with zero attached hydrogens (tertiary/aromatic N) is 1. The van der Waals surface area contributed by atoms with E-state index in [0.29, 0.717) is 4.48 Å².